The molecule has 2 nitrogen and oxygen atoms in total. The van der Waals surface area contributed by atoms with Crippen molar-refractivity contribution in [3.8, 4) is 0 Å². The van der Waals surface area contributed by atoms with Gasteiger partial charge in [0.2, 0.25) is 0 Å². The van der Waals surface area contributed by atoms with E-state index >= 15 is 0 Å². The van der Waals surface area contributed by atoms with E-state index in [9.17, 15) is 4.79 Å². The van der Waals surface area contributed by atoms with Crippen molar-refractivity contribution in [2.75, 3.05) is 0 Å². The fraction of sp³-hybridized carbons (Fsp3) is 0.938. The Morgan fingerprint density at radius 1 is 0.778 bits per heavy atom. The second-order valence-corrected chi connectivity index (χ2v) is 6.74. The van der Waals surface area contributed by atoms with Gasteiger partial charge in [0.15, 0.2) is 5.78 Å². The van der Waals surface area contributed by atoms with Gasteiger partial charge in [-0.25, -0.2) is 0 Å². The quantitative estimate of drug-likeness (QED) is 0.685. The van der Waals surface area contributed by atoms with Gasteiger partial charge in [-0.1, -0.05) is 34.6 Å². The number of ketones is 1. The number of rotatable bonds is 7. The predicted octanol–water partition coefficient (Wildman–Crippen LogP) is 3.99. The molecule has 0 aliphatic carbocycles. The molecule has 0 aromatic heterocycles. The Morgan fingerprint density at radius 3 is 1.39 bits per heavy atom. The highest BCUT2D eigenvalue weighted by Gasteiger charge is 2.36. The average molecular weight is 255 g/mol. The maximum atomic E-state index is 12.6. The van der Waals surface area contributed by atoms with E-state index in [0.717, 1.165) is 0 Å². The fourth-order valence-electron chi connectivity index (χ4n) is 2.62. The second kappa shape index (κ2) is 7.28. The molecule has 0 aromatic rings. The molecule has 18 heavy (non-hydrogen) atoms. The summed E-state index contributed by atoms with van der Waals surface area (Å²) in [6.45, 7) is 19.4. The Hall–Kier alpha value is -0.370. The van der Waals surface area contributed by atoms with E-state index in [1.165, 1.54) is 0 Å². The number of nitrogens with zero attached hydrogens (tertiary/aromatic N) is 1. The van der Waals surface area contributed by atoms with Crippen molar-refractivity contribution in [1.29, 1.82) is 0 Å². The summed E-state index contributed by atoms with van der Waals surface area (Å²) in [5.41, 5.74) is 0. The van der Waals surface area contributed by atoms with Gasteiger partial charge in [0.05, 0.1) is 6.04 Å². The van der Waals surface area contributed by atoms with Crippen LogP contribution in [0.25, 0.3) is 0 Å². The molecule has 2 heteroatoms. The minimum Gasteiger partial charge on any atom is -0.298 e. The van der Waals surface area contributed by atoms with Crippen molar-refractivity contribution in [1.82, 2.24) is 4.90 Å². The molecule has 108 valence electrons. The molecule has 0 amide bonds. The van der Waals surface area contributed by atoms with Crippen LogP contribution in [0.3, 0.4) is 0 Å². The zero-order valence-electron chi connectivity index (χ0n) is 13.8. The van der Waals surface area contributed by atoms with Gasteiger partial charge in [0.25, 0.3) is 0 Å². The van der Waals surface area contributed by atoms with Crippen LogP contribution in [0.5, 0.6) is 0 Å². The van der Waals surface area contributed by atoms with Gasteiger partial charge in [-0.3, -0.25) is 9.69 Å². The lowest BCUT2D eigenvalue weighted by molar-refractivity contribution is -0.132. The van der Waals surface area contributed by atoms with E-state index in [-0.39, 0.29) is 12.0 Å². The molecule has 0 aliphatic heterocycles. The summed E-state index contributed by atoms with van der Waals surface area (Å²) in [4.78, 5) is 15.0. The third kappa shape index (κ3) is 4.38. The van der Waals surface area contributed by atoms with Crippen molar-refractivity contribution < 1.29 is 4.79 Å². The molecule has 0 aromatic carbocycles. The first kappa shape index (κ1) is 17.6. The topological polar surface area (TPSA) is 20.3 Å². The highest BCUT2D eigenvalue weighted by molar-refractivity contribution is 5.86. The summed E-state index contributed by atoms with van der Waals surface area (Å²) in [5.74, 6) is 1.41. The molecule has 0 fully saturated rings. The van der Waals surface area contributed by atoms with Crippen molar-refractivity contribution >= 4 is 5.78 Å². The van der Waals surface area contributed by atoms with E-state index in [1.54, 1.807) is 0 Å². The minimum absolute atomic E-state index is 0.0463. The number of hydrogen-bond donors (Lipinski definition) is 0. The highest BCUT2D eigenvalue weighted by Crippen LogP contribution is 2.26. The van der Waals surface area contributed by atoms with Crippen LogP contribution in [0.4, 0.5) is 0 Å². The minimum atomic E-state index is 0.0463. The average Bonchev–Trinajstić information content (AvgIpc) is 2.22. The maximum Gasteiger partial charge on any atom is 0.152 e. The van der Waals surface area contributed by atoms with Crippen LogP contribution in [-0.4, -0.2) is 28.8 Å². The van der Waals surface area contributed by atoms with E-state index in [2.05, 4.69) is 53.4 Å². The molecule has 0 spiro atoms. The lowest BCUT2D eigenvalue weighted by Crippen LogP contribution is -2.54. The predicted molar refractivity (Wildman–Crippen MR) is 79.7 cm³/mol. The van der Waals surface area contributed by atoms with Gasteiger partial charge in [-0.2, -0.15) is 0 Å². The molecule has 0 aliphatic rings. The fourth-order valence-corrected chi connectivity index (χ4v) is 2.62. The Morgan fingerprint density at radius 2 is 1.17 bits per heavy atom. The molecule has 0 heterocycles. The summed E-state index contributed by atoms with van der Waals surface area (Å²) in [5, 5.41) is 0. The smallest absolute Gasteiger partial charge is 0.152 e. The summed E-state index contributed by atoms with van der Waals surface area (Å²) in [6.07, 6.45) is 0. The Bertz CT molecular complexity index is 248. The first-order valence-electron chi connectivity index (χ1n) is 7.42. The molecule has 0 bridgehead atoms. The molecule has 2 atom stereocenters. The molecule has 0 radical (unpaired) electrons. The van der Waals surface area contributed by atoms with Crippen LogP contribution < -0.4 is 0 Å². The van der Waals surface area contributed by atoms with Crippen molar-refractivity contribution in [2.45, 2.75) is 80.4 Å². The van der Waals surface area contributed by atoms with Gasteiger partial charge in [0.1, 0.15) is 0 Å². The van der Waals surface area contributed by atoms with Gasteiger partial charge < -0.3 is 0 Å². The SMILES string of the molecule is CC(C)C(=O)C(C(C)C(C)C)N(C(C)C)C(C)C. The standard InChI is InChI=1S/C16H33NO/c1-10(2)14(9)15(16(18)11(3)4)17(12(5)6)13(7)8/h10-15H,1-9H3. The summed E-state index contributed by atoms with van der Waals surface area (Å²) < 4.78 is 0. The van der Waals surface area contributed by atoms with Crippen LogP contribution in [-0.2, 0) is 4.79 Å². The molecule has 2 unspecified atom stereocenters. The van der Waals surface area contributed by atoms with Crippen LogP contribution in [0.2, 0.25) is 0 Å². The molecule has 0 saturated carbocycles. The largest absolute Gasteiger partial charge is 0.298 e. The van der Waals surface area contributed by atoms with Gasteiger partial charge >= 0.3 is 0 Å². The van der Waals surface area contributed by atoms with Crippen LogP contribution in [0.1, 0.15) is 62.3 Å². The number of carbonyl (C=O) groups is 1. The lowest BCUT2D eigenvalue weighted by atomic mass is 9.82. The van der Waals surface area contributed by atoms with Gasteiger partial charge in [0, 0.05) is 18.0 Å². The Balaban J connectivity index is 5.36. The van der Waals surface area contributed by atoms with E-state index in [1.807, 2.05) is 13.8 Å². The molecule has 0 N–H and O–H groups in total. The summed E-state index contributed by atoms with van der Waals surface area (Å²) in [7, 11) is 0. The first-order chi connectivity index (χ1) is 8.11. The second-order valence-electron chi connectivity index (χ2n) is 6.74. The molecule has 0 rings (SSSR count). The molecular formula is C16H33NO. The maximum absolute atomic E-state index is 12.6. The molecule has 0 saturated heterocycles. The Kier molecular flexibility index (Phi) is 7.13. The zero-order valence-corrected chi connectivity index (χ0v) is 13.8. The number of hydrogen-bond acceptors (Lipinski definition) is 2. The monoisotopic (exact) mass is 255 g/mol. The van der Waals surface area contributed by atoms with Crippen LogP contribution in [0.15, 0.2) is 0 Å². The number of carbonyl (C=O) groups excluding carboxylic acids is 1. The number of Topliss-reactive ketones (excluding diaryl/α,β-unsaturated/α-hetero) is 1. The van der Waals surface area contributed by atoms with Crippen LogP contribution in [0, 0.1) is 17.8 Å². The normalized spacial score (nSPS) is 16.1. The molecular weight excluding hydrogens is 222 g/mol. The van der Waals surface area contributed by atoms with Gasteiger partial charge in [-0.15, -0.1) is 0 Å². The third-order valence-electron chi connectivity index (χ3n) is 3.92. The first-order valence-corrected chi connectivity index (χ1v) is 7.42. The van der Waals surface area contributed by atoms with Crippen molar-refractivity contribution in [2.24, 2.45) is 17.8 Å². The van der Waals surface area contributed by atoms with E-state index in [0.29, 0.717) is 29.7 Å². The van der Waals surface area contributed by atoms with Gasteiger partial charge in [-0.05, 0) is 39.5 Å². The van der Waals surface area contributed by atoms with Crippen molar-refractivity contribution in [3.63, 3.8) is 0 Å². The third-order valence-corrected chi connectivity index (χ3v) is 3.92. The summed E-state index contributed by atoms with van der Waals surface area (Å²) in [6, 6.07) is 0.850. The van der Waals surface area contributed by atoms with E-state index < -0.39 is 0 Å². The highest BCUT2D eigenvalue weighted by atomic mass is 16.1. The summed E-state index contributed by atoms with van der Waals surface area (Å²) >= 11 is 0. The lowest BCUT2D eigenvalue weighted by Gasteiger charge is -2.42. The van der Waals surface area contributed by atoms with Crippen LogP contribution >= 0.6 is 0 Å². The zero-order chi connectivity index (χ0) is 14.6. The Labute approximate surface area is 114 Å². The van der Waals surface area contributed by atoms with Crippen molar-refractivity contribution in [3.05, 3.63) is 0 Å². The van der Waals surface area contributed by atoms with E-state index in [4.69, 9.17) is 0 Å².